The van der Waals surface area contributed by atoms with Crippen molar-refractivity contribution in [3.8, 4) is 17.2 Å². The van der Waals surface area contributed by atoms with E-state index in [1.807, 2.05) is 0 Å². The van der Waals surface area contributed by atoms with E-state index in [0.717, 1.165) is 0 Å². The van der Waals surface area contributed by atoms with Crippen LogP contribution >= 0.6 is 0 Å². The maximum atomic E-state index is 11.7. The van der Waals surface area contributed by atoms with Crippen molar-refractivity contribution in [1.82, 2.24) is 4.90 Å². The van der Waals surface area contributed by atoms with Gasteiger partial charge in [0.25, 0.3) is 0 Å². The van der Waals surface area contributed by atoms with Crippen molar-refractivity contribution < 1.29 is 28.9 Å². The zero-order valence-electron chi connectivity index (χ0n) is 10.3. The molecule has 0 saturated carbocycles. The molecule has 7 heteroatoms. The van der Waals surface area contributed by atoms with Crippen LogP contribution in [0.1, 0.15) is 6.42 Å². The number of amides is 1. The second-order valence-corrected chi connectivity index (χ2v) is 3.95. The molecule has 0 bridgehead atoms. The monoisotopic (exact) mass is 267 g/mol. The Kier molecular flexibility index (Phi) is 3.74. The van der Waals surface area contributed by atoms with E-state index in [1.54, 1.807) is 18.2 Å². The van der Waals surface area contributed by atoms with E-state index >= 15 is 0 Å². The lowest BCUT2D eigenvalue weighted by atomic mass is 10.3. The van der Waals surface area contributed by atoms with E-state index in [2.05, 4.69) is 0 Å². The van der Waals surface area contributed by atoms with Crippen molar-refractivity contribution >= 4 is 12.1 Å². The molecule has 1 aromatic carbocycles. The first kappa shape index (κ1) is 13.0. The highest BCUT2D eigenvalue weighted by Gasteiger charge is 2.17. The van der Waals surface area contributed by atoms with Crippen LogP contribution < -0.4 is 14.2 Å². The zero-order chi connectivity index (χ0) is 13.8. The lowest BCUT2D eigenvalue weighted by Crippen LogP contribution is -2.31. The minimum Gasteiger partial charge on any atom is -0.481 e. The average Bonchev–Trinajstić information content (AvgIpc) is 2.83. The molecule has 1 aromatic rings. The van der Waals surface area contributed by atoms with Gasteiger partial charge in [0, 0.05) is 19.7 Å². The maximum Gasteiger partial charge on any atom is 0.414 e. The first-order valence-electron chi connectivity index (χ1n) is 5.60. The molecule has 0 unspecified atom stereocenters. The van der Waals surface area contributed by atoms with Crippen molar-refractivity contribution in [2.75, 3.05) is 20.4 Å². The lowest BCUT2D eigenvalue weighted by Gasteiger charge is -2.15. The normalized spacial score (nSPS) is 12.1. The minimum atomic E-state index is -0.970. The van der Waals surface area contributed by atoms with Crippen LogP contribution in [0.25, 0.3) is 0 Å². The maximum absolute atomic E-state index is 11.7. The number of carboxylic acids is 1. The molecule has 1 amide bonds. The molecule has 0 aliphatic carbocycles. The van der Waals surface area contributed by atoms with E-state index in [4.69, 9.17) is 19.3 Å². The SMILES string of the molecule is CN(CCC(=O)O)C(=O)Oc1ccc2c(c1)OCO2. The fraction of sp³-hybridized carbons (Fsp3) is 0.333. The molecule has 1 N–H and O–H groups in total. The number of benzene rings is 1. The van der Waals surface area contributed by atoms with E-state index in [1.165, 1.54) is 11.9 Å². The third-order valence-electron chi connectivity index (χ3n) is 2.52. The summed E-state index contributed by atoms with van der Waals surface area (Å²) in [4.78, 5) is 23.3. The molecular weight excluding hydrogens is 254 g/mol. The molecule has 0 fully saturated rings. The molecule has 1 heterocycles. The van der Waals surface area contributed by atoms with Crippen LogP contribution in [0.2, 0.25) is 0 Å². The summed E-state index contributed by atoms with van der Waals surface area (Å²) in [5, 5.41) is 8.53. The quantitative estimate of drug-likeness (QED) is 0.885. The van der Waals surface area contributed by atoms with Gasteiger partial charge in [0.2, 0.25) is 6.79 Å². The van der Waals surface area contributed by atoms with Crippen LogP contribution in [0.15, 0.2) is 18.2 Å². The minimum absolute atomic E-state index is 0.0821. The summed E-state index contributed by atoms with van der Waals surface area (Å²) in [6, 6.07) is 4.77. The Labute approximate surface area is 109 Å². The van der Waals surface area contributed by atoms with Crippen LogP contribution in [-0.4, -0.2) is 42.5 Å². The second-order valence-electron chi connectivity index (χ2n) is 3.95. The van der Waals surface area contributed by atoms with Crippen molar-refractivity contribution in [2.24, 2.45) is 0 Å². The van der Waals surface area contributed by atoms with Crippen LogP contribution in [0, 0.1) is 0 Å². The van der Waals surface area contributed by atoms with E-state index < -0.39 is 12.1 Å². The molecule has 2 rings (SSSR count). The van der Waals surface area contributed by atoms with Gasteiger partial charge in [-0.2, -0.15) is 0 Å². The van der Waals surface area contributed by atoms with Gasteiger partial charge in [0.05, 0.1) is 6.42 Å². The number of hydrogen-bond acceptors (Lipinski definition) is 5. The van der Waals surface area contributed by atoms with Crippen molar-refractivity contribution in [3.05, 3.63) is 18.2 Å². The average molecular weight is 267 g/mol. The number of rotatable bonds is 4. The summed E-state index contributed by atoms with van der Waals surface area (Å²) in [5.41, 5.74) is 0. The summed E-state index contributed by atoms with van der Waals surface area (Å²) in [5.74, 6) is 0.455. The third kappa shape index (κ3) is 3.27. The number of carbonyl (C=O) groups excluding carboxylic acids is 1. The van der Waals surface area contributed by atoms with Crippen LogP contribution in [0.4, 0.5) is 4.79 Å². The Morgan fingerprint density at radius 2 is 2.11 bits per heavy atom. The second kappa shape index (κ2) is 5.47. The molecule has 0 radical (unpaired) electrons. The fourth-order valence-corrected chi connectivity index (χ4v) is 1.47. The van der Waals surface area contributed by atoms with Crippen LogP contribution in [0.3, 0.4) is 0 Å². The van der Waals surface area contributed by atoms with E-state index in [9.17, 15) is 9.59 Å². The highest BCUT2D eigenvalue weighted by atomic mass is 16.7. The number of fused-ring (bicyclic) bond motifs is 1. The summed E-state index contributed by atoms with van der Waals surface area (Å²) in [6.45, 7) is 0.226. The molecule has 19 heavy (non-hydrogen) atoms. The molecule has 0 saturated heterocycles. The van der Waals surface area contributed by atoms with Gasteiger partial charge in [0.1, 0.15) is 5.75 Å². The van der Waals surface area contributed by atoms with E-state index in [0.29, 0.717) is 17.2 Å². The highest BCUT2D eigenvalue weighted by molar-refractivity contribution is 5.72. The summed E-state index contributed by atoms with van der Waals surface area (Å²) in [7, 11) is 1.47. The number of ether oxygens (including phenoxy) is 3. The standard InChI is InChI=1S/C12H13NO6/c1-13(5-4-11(14)15)12(16)19-8-2-3-9-10(6-8)18-7-17-9/h2-3,6H,4-5,7H2,1H3,(H,14,15). The molecule has 0 spiro atoms. The van der Waals surface area contributed by atoms with Gasteiger partial charge in [0.15, 0.2) is 11.5 Å². The Morgan fingerprint density at radius 3 is 2.84 bits per heavy atom. The van der Waals surface area contributed by atoms with Gasteiger partial charge in [-0.05, 0) is 12.1 Å². The summed E-state index contributed by atoms with van der Waals surface area (Å²) in [6.07, 6.45) is -0.757. The van der Waals surface area contributed by atoms with Gasteiger partial charge in [-0.1, -0.05) is 0 Å². The molecule has 0 aromatic heterocycles. The van der Waals surface area contributed by atoms with Crippen LogP contribution in [-0.2, 0) is 4.79 Å². The molecule has 102 valence electrons. The summed E-state index contributed by atoms with van der Waals surface area (Å²) >= 11 is 0. The number of carboxylic acid groups (broad SMARTS) is 1. The Balaban J connectivity index is 1.93. The first-order valence-corrected chi connectivity index (χ1v) is 5.60. The topological polar surface area (TPSA) is 85.3 Å². The smallest absolute Gasteiger partial charge is 0.414 e. The highest BCUT2D eigenvalue weighted by Crippen LogP contribution is 2.35. The van der Waals surface area contributed by atoms with Gasteiger partial charge < -0.3 is 24.2 Å². The molecule has 7 nitrogen and oxygen atoms in total. The molecule has 1 aliphatic rings. The van der Waals surface area contributed by atoms with Crippen LogP contribution in [0.5, 0.6) is 17.2 Å². The van der Waals surface area contributed by atoms with Crippen molar-refractivity contribution in [1.29, 1.82) is 0 Å². The van der Waals surface area contributed by atoms with Gasteiger partial charge in [-0.25, -0.2) is 4.79 Å². The molecular formula is C12H13NO6. The zero-order valence-corrected chi connectivity index (χ0v) is 10.3. The number of carbonyl (C=O) groups is 2. The van der Waals surface area contributed by atoms with Gasteiger partial charge in [-0.15, -0.1) is 0 Å². The predicted octanol–water partition coefficient (Wildman–Crippen LogP) is 1.32. The van der Waals surface area contributed by atoms with Crippen molar-refractivity contribution in [3.63, 3.8) is 0 Å². The molecule has 0 atom stereocenters. The van der Waals surface area contributed by atoms with E-state index in [-0.39, 0.29) is 19.8 Å². The fourth-order valence-electron chi connectivity index (χ4n) is 1.47. The largest absolute Gasteiger partial charge is 0.481 e. The van der Waals surface area contributed by atoms with Gasteiger partial charge in [-0.3, -0.25) is 4.79 Å². The van der Waals surface area contributed by atoms with Gasteiger partial charge >= 0.3 is 12.1 Å². The number of aliphatic carboxylic acids is 1. The third-order valence-corrected chi connectivity index (χ3v) is 2.52. The Hall–Kier alpha value is -2.44. The number of nitrogens with zero attached hydrogens (tertiary/aromatic N) is 1. The number of hydrogen-bond donors (Lipinski definition) is 1. The summed E-state index contributed by atoms with van der Waals surface area (Å²) < 4.78 is 15.4. The Bertz CT molecular complexity index is 501. The Morgan fingerprint density at radius 1 is 1.37 bits per heavy atom. The lowest BCUT2D eigenvalue weighted by molar-refractivity contribution is -0.137. The molecule has 1 aliphatic heterocycles. The predicted molar refractivity (Wildman–Crippen MR) is 63.5 cm³/mol. The van der Waals surface area contributed by atoms with Crippen molar-refractivity contribution in [2.45, 2.75) is 6.42 Å². The first-order chi connectivity index (χ1) is 9.06.